The second-order valence-corrected chi connectivity index (χ2v) is 5.54. The van der Waals surface area contributed by atoms with Crippen molar-refractivity contribution < 1.29 is 19.0 Å². The van der Waals surface area contributed by atoms with E-state index in [0.29, 0.717) is 0 Å². The Balaban J connectivity index is 2.62. The number of carbonyl (C=O) groups is 1. The number of aliphatic imine (C=N–C) groups is 1. The smallest absolute Gasteiger partial charge is 0.343 e. The SMILES string of the molecule is COC(=O)C(C=NC1CC1)=C(O)c1cc(F)c(Cl)c(C#N)c1Cl. The highest BCUT2D eigenvalue weighted by atomic mass is 35.5. The number of ether oxygens (including phenoxy) is 1. The van der Waals surface area contributed by atoms with Gasteiger partial charge in [0.2, 0.25) is 0 Å². The molecule has 0 heterocycles. The van der Waals surface area contributed by atoms with Crippen molar-refractivity contribution in [3.63, 3.8) is 0 Å². The number of carbonyl (C=O) groups excluding carboxylic acids is 1. The van der Waals surface area contributed by atoms with Crippen molar-refractivity contribution in [1.82, 2.24) is 0 Å². The van der Waals surface area contributed by atoms with Crippen LogP contribution in [0.5, 0.6) is 0 Å². The minimum atomic E-state index is -0.947. The molecule has 1 saturated carbocycles. The van der Waals surface area contributed by atoms with Gasteiger partial charge in [-0.25, -0.2) is 9.18 Å². The van der Waals surface area contributed by atoms with E-state index in [4.69, 9.17) is 28.5 Å². The quantitative estimate of drug-likeness (QED) is 0.293. The monoisotopic (exact) mass is 356 g/mol. The summed E-state index contributed by atoms with van der Waals surface area (Å²) in [5, 5.41) is 18.6. The van der Waals surface area contributed by atoms with Gasteiger partial charge in [-0.05, 0) is 18.9 Å². The summed E-state index contributed by atoms with van der Waals surface area (Å²) in [6.45, 7) is 0. The maximum absolute atomic E-state index is 13.8. The third-order valence-corrected chi connectivity index (χ3v) is 3.91. The predicted octanol–water partition coefficient (Wildman–Crippen LogP) is 3.68. The van der Waals surface area contributed by atoms with Gasteiger partial charge in [0.25, 0.3) is 0 Å². The first-order chi connectivity index (χ1) is 10.9. The fourth-order valence-corrected chi connectivity index (χ4v) is 2.26. The molecule has 0 amide bonds. The molecule has 0 unspecified atom stereocenters. The molecule has 0 radical (unpaired) electrons. The summed E-state index contributed by atoms with van der Waals surface area (Å²) in [6.07, 6.45) is 2.94. The molecule has 0 spiro atoms. The van der Waals surface area contributed by atoms with Crippen molar-refractivity contribution in [1.29, 1.82) is 5.26 Å². The van der Waals surface area contributed by atoms with E-state index in [-0.39, 0.29) is 27.8 Å². The number of rotatable bonds is 4. The number of hydrogen-bond acceptors (Lipinski definition) is 5. The van der Waals surface area contributed by atoms with Crippen LogP contribution in [0.4, 0.5) is 4.39 Å². The van der Waals surface area contributed by atoms with Crippen molar-refractivity contribution in [3.8, 4) is 6.07 Å². The van der Waals surface area contributed by atoms with Gasteiger partial charge in [-0.3, -0.25) is 4.99 Å². The van der Waals surface area contributed by atoms with Gasteiger partial charge in [0.15, 0.2) is 0 Å². The molecule has 1 aromatic rings. The summed E-state index contributed by atoms with van der Waals surface area (Å²) in [7, 11) is 1.13. The second kappa shape index (κ2) is 6.99. The summed E-state index contributed by atoms with van der Waals surface area (Å²) < 4.78 is 18.4. The molecule has 0 aromatic heterocycles. The van der Waals surface area contributed by atoms with Gasteiger partial charge in [0.1, 0.15) is 23.2 Å². The topological polar surface area (TPSA) is 82.7 Å². The lowest BCUT2D eigenvalue weighted by Gasteiger charge is -2.10. The molecule has 1 aliphatic rings. The van der Waals surface area contributed by atoms with Crippen LogP contribution in [0.25, 0.3) is 5.76 Å². The molecule has 1 aliphatic carbocycles. The van der Waals surface area contributed by atoms with E-state index in [1.54, 1.807) is 6.07 Å². The highest BCUT2D eigenvalue weighted by Gasteiger charge is 2.24. The molecule has 2 rings (SSSR count). The molecular formula is C15H11Cl2FN2O3. The first-order valence-electron chi connectivity index (χ1n) is 6.53. The maximum Gasteiger partial charge on any atom is 0.343 e. The first kappa shape index (κ1) is 17.3. The number of benzene rings is 1. The molecule has 1 N–H and O–H groups in total. The summed E-state index contributed by atoms with van der Waals surface area (Å²) in [5.41, 5.74) is -0.863. The number of aliphatic hydroxyl groups is 1. The summed E-state index contributed by atoms with van der Waals surface area (Å²) in [6, 6.07) is 2.59. The molecular weight excluding hydrogens is 346 g/mol. The zero-order valence-corrected chi connectivity index (χ0v) is 13.5. The zero-order valence-electron chi connectivity index (χ0n) is 11.9. The predicted molar refractivity (Wildman–Crippen MR) is 84.2 cm³/mol. The van der Waals surface area contributed by atoms with Crippen LogP contribution in [0.3, 0.4) is 0 Å². The standard InChI is InChI=1S/C15H11Cl2FN2O3/c1-23-15(22)10(6-20-7-2-3-7)14(21)8-4-11(18)13(17)9(5-19)12(8)16/h4,6-7,21H,2-3H2,1H3. The number of esters is 1. The number of nitrogens with zero attached hydrogens (tertiary/aromatic N) is 2. The van der Waals surface area contributed by atoms with Crippen LogP contribution in [-0.4, -0.2) is 30.4 Å². The Hall–Kier alpha value is -2.10. The third kappa shape index (κ3) is 3.63. The van der Waals surface area contributed by atoms with Crippen LogP contribution in [0.1, 0.15) is 24.0 Å². The fraction of sp³-hybridized carbons (Fsp3) is 0.267. The summed E-state index contributed by atoms with van der Waals surface area (Å²) in [4.78, 5) is 15.9. The average molecular weight is 357 g/mol. The molecule has 1 fully saturated rings. The van der Waals surface area contributed by atoms with Crippen molar-refractivity contribution >= 4 is 41.1 Å². The molecule has 23 heavy (non-hydrogen) atoms. The van der Waals surface area contributed by atoms with E-state index in [2.05, 4.69) is 9.73 Å². The molecule has 1 aromatic carbocycles. The highest BCUT2D eigenvalue weighted by molar-refractivity contribution is 6.38. The number of methoxy groups -OCH3 is 1. The van der Waals surface area contributed by atoms with Gasteiger partial charge < -0.3 is 9.84 Å². The summed E-state index contributed by atoms with van der Waals surface area (Å²) in [5.74, 6) is -2.45. The second-order valence-electron chi connectivity index (χ2n) is 4.78. The van der Waals surface area contributed by atoms with Crippen molar-refractivity contribution in [2.75, 3.05) is 7.11 Å². The van der Waals surface area contributed by atoms with E-state index < -0.39 is 22.6 Å². The van der Waals surface area contributed by atoms with Crippen LogP contribution in [0.2, 0.25) is 10.0 Å². The van der Waals surface area contributed by atoms with Crippen molar-refractivity contribution in [3.05, 3.63) is 38.6 Å². The average Bonchev–Trinajstić information content (AvgIpc) is 3.35. The molecule has 0 bridgehead atoms. The van der Waals surface area contributed by atoms with E-state index >= 15 is 0 Å². The number of aliphatic hydroxyl groups excluding tert-OH is 1. The highest BCUT2D eigenvalue weighted by Crippen LogP contribution is 2.34. The van der Waals surface area contributed by atoms with E-state index in [9.17, 15) is 14.3 Å². The third-order valence-electron chi connectivity index (χ3n) is 3.14. The minimum absolute atomic E-state index is 0.0922. The van der Waals surface area contributed by atoms with Gasteiger partial charge in [0, 0.05) is 11.8 Å². The fourth-order valence-electron chi connectivity index (χ4n) is 1.74. The Morgan fingerprint density at radius 3 is 2.70 bits per heavy atom. The number of nitriles is 1. The molecule has 8 heteroatoms. The lowest BCUT2D eigenvalue weighted by Crippen LogP contribution is -2.10. The minimum Gasteiger partial charge on any atom is -0.506 e. The van der Waals surface area contributed by atoms with E-state index in [0.717, 1.165) is 32.2 Å². The Kier molecular flexibility index (Phi) is 5.24. The Labute approximate surface area is 141 Å². The lowest BCUT2D eigenvalue weighted by molar-refractivity contribution is -0.135. The molecule has 5 nitrogen and oxygen atoms in total. The largest absolute Gasteiger partial charge is 0.506 e. The van der Waals surface area contributed by atoms with Gasteiger partial charge in [-0.15, -0.1) is 0 Å². The van der Waals surface area contributed by atoms with Gasteiger partial charge in [-0.2, -0.15) is 5.26 Å². The number of halogens is 3. The summed E-state index contributed by atoms with van der Waals surface area (Å²) >= 11 is 11.6. The van der Waals surface area contributed by atoms with Crippen LogP contribution < -0.4 is 0 Å². The molecule has 0 atom stereocenters. The Morgan fingerprint density at radius 1 is 1.52 bits per heavy atom. The molecule has 0 saturated heterocycles. The molecule has 0 aliphatic heterocycles. The van der Waals surface area contributed by atoms with Gasteiger partial charge in [-0.1, -0.05) is 23.2 Å². The van der Waals surface area contributed by atoms with Crippen LogP contribution in [-0.2, 0) is 9.53 Å². The van der Waals surface area contributed by atoms with Gasteiger partial charge in [0.05, 0.1) is 28.8 Å². The van der Waals surface area contributed by atoms with Gasteiger partial charge >= 0.3 is 5.97 Å². The normalized spacial score (nSPS) is 15.3. The van der Waals surface area contributed by atoms with E-state index in [1.165, 1.54) is 0 Å². The Bertz CT molecular complexity index is 765. The lowest BCUT2D eigenvalue weighted by atomic mass is 10.1. The zero-order chi connectivity index (χ0) is 17.1. The van der Waals surface area contributed by atoms with Crippen LogP contribution in [0.15, 0.2) is 16.6 Å². The van der Waals surface area contributed by atoms with Crippen molar-refractivity contribution in [2.24, 2.45) is 4.99 Å². The van der Waals surface area contributed by atoms with Crippen LogP contribution in [0, 0.1) is 17.1 Å². The van der Waals surface area contributed by atoms with Crippen molar-refractivity contribution in [2.45, 2.75) is 18.9 Å². The first-order valence-corrected chi connectivity index (χ1v) is 7.29. The Morgan fingerprint density at radius 2 is 2.17 bits per heavy atom. The number of hydrogen-bond donors (Lipinski definition) is 1. The van der Waals surface area contributed by atoms with E-state index in [1.807, 2.05) is 0 Å². The van der Waals surface area contributed by atoms with Crippen LogP contribution >= 0.6 is 23.2 Å². The molecule has 120 valence electrons. The maximum atomic E-state index is 13.8.